The van der Waals surface area contributed by atoms with Crippen molar-refractivity contribution in [3.8, 4) is 0 Å². The van der Waals surface area contributed by atoms with E-state index in [2.05, 4.69) is 15.4 Å². The van der Waals surface area contributed by atoms with Crippen LogP contribution in [0, 0.1) is 11.7 Å². The van der Waals surface area contributed by atoms with Gasteiger partial charge in [0.1, 0.15) is 29.5 Å². The van der Waals surface area contributed by atoms with Gasteiger partial charge in [-0.2, -0.15) is 0 Å². The number of halogens is 1. The molecule has 4 N–H and O–H groups in total. The monoisotopic (exact) mass is 703 g/mol. The van der Waals surface area contributed by atoms with Crippen LogP contribution < -0.4 is 15.4 Å². The van der Waals surface area contributed by atoms with Crippen LogP contribution in [-0.4, -0.2) is 95.2 Å². The number of sulfonamides is 1. The van der Waals surface area contributed by atoms with E-state index in [1.165, 1.54) is 15.9 Å². The van der Waals surface area contributed by atoms with Crippen molar-refractivity contribution in [3.63, 3.8) is 0 Å². The highest BCUT2D eigenvalue weighted by Crippen LogP contribution is 2.46. The van der Waals surface area contributed by atoms with Crippen molar-refractivity contribution >= 4 is 39.7 Å². The Balaban J connectivity index is 1.24. The van der Waals surface area contributed by atoms with Gasteiger partial charge < -0.3 is 25.4 Å². The van der Waals surface area contributed by atoms with Gasteiger partial charge in [-0.3, -0.25) is 28.8 Å². The Morgan fingerprint density at radius 3 is 2.63 bits per heavy atom. The first-order valence-corrected chi connectivity index (χ1v) is 18.4. The summed E-state index contributed by atoms with van der Waals surface area (Å²) in [6, 6.07) is 2.32. The standard InChI is InChI=1S/C33H42FN5O9S/c34-25-9-6-7-20-17-38(19-24(20)25)32(45)48-22-15-27-29(42)36-33(31(44)37-49(46,47)23-11-12-23)16-21(33)8-4-2-1-3-5-10-26(30(43)39(27)18-22)35-28(41)13-14-40/h4,6-9,21-23,26-27,40H,1-3,5,10-19H2,(H,35,41)(H,36,42)(H,37,44)/t21-,22-,26+,27+,33-/m1/s1. The Morgan fingerprint density at radius 2 is 1.90 bits per heavy atom. The third-order valence-electron chi connectivity index (χ3n) is 9.97. The van der Waals surface area contributed by atoms with Crippen molar-refractivity contribution in [3.05, 3.63) is 47.3 Å². The van der Waals surface area contributed by atoms with E-state index in [0.717, 1.165) is 12.8 Å². The summed E-state index contributed by atoms with van der Waals surface area (Å²) in [6.07, 6.45) is 5.67. The number of benzene rings is 1. The maximum Gasteiger partial charge on any atom is 0.410 e. The van der Waals surface area contributed by atoms with Crippen LogP contribution in [0.1, 0.15) is 75.3 Å². The molecule has 5 atom stereocenters. The molecule has 1 aromatic carbocycles. The van der Waals surface area contributed by atoms with Gasteiger partial charge in [0.15, 0.2) is 0 Å². The van der Waals surface area contributed by atoms with Crippen molar-refractivity contribution in [2.75, 3.05) is 13.2 Å². The Morgan fingerprint density at radius 1 is 1.10 bits per heavy atom. The van der Waals surface area contributed by atoms with E-state index >= 15 is 0 Å². The number of rotatable bonds is 7. The van der Waals surface area contributed by atoms with Gasteiger partial charge in [-0.15, -0.1) is 0 Å². The second kappa shape index (κ2) is 14.1. The number of nitrogens with one attached hydrogen (secondary N) is 3. The molecule has 5 amide bonds. The van der Waals surface area contributed by atoms with E-state index in [1.807, 2.05) is 6.08 Å². The lowest BCUT2D eigenvalue weighted by molar-refractivity contribution is -0.142. The van der Waals surface area contributed by atoms with Crippen molar-refractivity contribution in [1.82, 2.24) is 25.2 Å². The number of fused-ring (bicyclic) bond motifs is 3. The molecule has 3 fully saturated rings. The van der Waals surface area contributed by atoms with E-state index in [9.17, 15) is 41.9 Å². The van der Waals surface area contributed by atoms with Crippen molar-refractivity contribution in [2.45, 2.75) is 106 Å². The molecule has 0 unspecified atom stereocenters. The number of aliphatic hydroxyl groups is 1. The molecule has 0 radical (unpaired) electrons. The molecule has 1 aromatic rings. The lowest BCUT2D eigenvalue weighted by atomic mass is 10.0. The van der Waals surface area contributed by atoms with Gasteiger partial charge in [-0.1, -0.05) is 37.1 Å². The lowest BCUT2D eigenvalue weighted by Gasteiger charge is -2.30. The molecule has 2 aliphatic carbocycles. The van der Waals surface area contributed by atoms with E-state index in [0.29, 0.717) is 36.8 Å². The van der Waals surface area contributed by atoms with Crippen LogP contribution in [0.2, 0.25) is 0 Å². The lowest BCUT2D eigenvalue weighted by Crippen LogP contribution is -2.58. The molecule has 14 nitrogen and oxygen atoms in total. The average Bonchev–Trinajstić information content (AvgIpc) is 3.94. The van der Waals surface area contributed by atoms with Gasteiger partial charge in [0.2, 0.25) is 27.7 Å². The minimum Gasteiger partial charge on any atom is -0.444 e. The first kappa shape index (κ1) is 34.8. The van der Waals surface area contributed by atoms with Gasteiger partial charge in [0, 0.05) is 30.9 Å². The normalized spacial score (nSPS) is 28.7. The molecule has 0 spiro atoms. The predicted molar refractivity (Wildman–Crippen MR) is 171 cm³/mol. The first-order chi connectivity index (χ1) is 23.4. The third-order valence-corrected chi connectivity index (χ3v) is 11.8. The molecule has 2 saturated carbocycles. The molecule has 266 valence electrons. The molecule has 49 heavy (non-hydrogen) atoms. The molecule has 3 heterocycles. The summed E-state index contributed by atoms with van der Waals surface area (Å²) in [4.78, 5) is 70.0. The minimum absolute atomic E-state index is 0.00458. The molecule has 1 saturated heterocycles. The Labute approximate surface area is 283 Å². The molecule has 5 aliphatic rings. The van der Waals surface area contributed by atoms with Crippen LogP contribution in [0.25, 0.3) is 0 Å². The number of ether oxygens (including phenoxy) is 1. The van der Waals surface area contributed by atoms with Crippen molar-refractivity contribution in [1.29, 1.82) is 0 Å². The molecular formula is C33H42FN5O9S. The van der Waals surface area contributed by atoms with Crippen LogP contribution in [0.4, 0.5) is 9.18 Å². The predicted octanol–water partition coefficient (Wildman–Crippen LogP) is 1.12. The molecular weight excluding hydrogens is 661 g/mol. The number of hydrogen-bond donors (Lipinski definition) is 4. The Hall–Kier alpha value is -4.05. The largest absolute Gasteiger partial charge is 0.444 e. The highest BCUT2D eigenvalue weighted by atomic mass is 32.2. The van der Waals surface area contributed by atoms with Crippen LogP contribution in [0.15, 0.2) is 30.4 Å². The number of allylic oxidation sites excluding steroid dienone is 1. The molecule has 0 bridgehead atoms. The fourth-order valence-electron chi connectivity index (χ4n) is 6.94. The van der Waals surface area contributed by atoms with E-state index in [-0.39, 0.29) is 45.3 Å². The van der Waals surface area contributed by atoms with Gasteiger partial charge in [-0.05, 0) is 50.2 Å². The van der Waals surface area contributed by atoms with Gasteiger partial charge >= 0.3 is 6.09 Å². The van der Waals surface area contributed by atoms with E-state index in [1.54, 1.807) is 18.2 Å². The molecule has 0 aromatic heterocycles. The number of aliphatic hydroxyl groups excluding tert-OH is 1. The summed E-state index contributed by atoms with van der Waals surface area (Å²) in [7, 11) is -3.92. The van der Waals surface area contributed by atoms with Crippen molar-refractivity contribution in [2.24, 2.45) is 5.92 Å². The number of carbonyl (C=O) groups excluding carboxylic acids is 5. The summed E-state index contributed by atoms with van der Waals surface area (Å²) in [5.41, 5.74) is -0.526. The van der Waals surface area contributed by atoms with Gasteiger partial charge in [0.05, 0.1) is 24.9 Å². The molecule has 3 aliphatic heterocycles. The van der Waals surface area contributed by atoms with Crippen LogP contribution in [-0.2, 0) is 47.0 Å². The fourth-order valence-corrected chi connectivity index (χ4v) is 8.31. The zero-order valence-corrected chi connectivity index (χ0v) is 27.9. The number of hydrogen-bond acceptors (Lipinski definition) is 9. The third kappa shape index (κ3) is 7.59. The Kier molecular flexibility index (Phi) is 9.98. The number of nitrogens with zero attached hydrogens (tertiary/aromatic N) is 2. The van der Waals surface area contributed by atoms with Gasteiger partial charge in [0.25, 0.3) is 5.91 Å². The molecule has 6 rings (SSSR count). The average molecular weight is 704 g/mol. The quantitative estimate of drug-likeness (QED) is 0.302. The van der Waals surface area contributed by atoms with Crippen LogP contribution in [0.5, 0.6) is 0 Å². The summed E-state index contributed by atoms with van der Waals surface area (Å²) < 4.78 is 47.7. The summed E-state index contributed by atoms with van der Waals surface area (Å²) >= 11 is 0. The highest BCUT2D eigenvalue weighted by molar-refractivity contribution is 7.91. The number of amides is 5. The summed E-state index contributed by atoms with van der Waals surface area (Å²) in [5.74, 6) is -3.62. The zero-order chi connectivity index (χ0) is 34.9. The second-order valence-corrected chi connectivity index (χ2v) is 15.5. The minimum atomic E-state index is -3.92. The highest BCUT2D eigenvalue weighted by Gasteiger charge is 2.62. The first-order valence-electron chi connectivity index (χ1n) is 16.9. The molecule has 16 heteroatoms. The van der Waals surface area contributed by atoms with E-state index < -0.39 is 87.1 Å². The smallest absolute Gasteiger partial charge is 0.410 e. The number of carbonyl (C=O) groups is 5. The summed E-state index contributed by atoms with van der Waals surface area (Å²) in [6.45, 7) is -0.490. The van der Waals surface area contributed by atoms with E-state index in [4.69, 9.17) is 4.74 Å². The maximum absolute atomic E-state index is 14.3. The van der Waals surface area contributed by atoms with Gasteiger partial charge in [-0.25, -0.2) is 17.6 Å². The Bertz CT molecular complexity index is 1650. The zero-order valence-electron chi connectivity index (χ0n) is 27.1. The topological polar surface area (TPSA) is 192 Å². The van der Waals surface area contributed by atoms with Crippen LogP contribution in [0.3, 0.4) is 0 Å². The summed E-state index contributed by atoms with van der Waals surface area (Å²) in [5, 5.41) is 14.1. The second-order valence-electron chi connectivity index (χ2n) is 13.6. The van der Waals surface area contributed by atoms with Crippen LogP contribution >= 0.6 is 0 Å². The maximum atomic E-state index is 14.3. The SMILES string of the molecule is O=C(CCO)N[C@H]1CCCCCC=C[C@@H]2C[C@@]2(C(=O)NS(=O)(=O)C2CC2)NC(=O)[C@@H]2C[C@@H](OC(=O)N3Cc4cccc(F)c4C3)CN2C1=O. The van der Waals surface area contributed by atoms with Crippen molar-refractivity contribution < 1.29 is 46.6 Å². The fraction of sp³-hybridized carbons (Fsp3) is 0.606.